The Hall–Kier alpha value is -3.22. The van der Waals surface area contributed by atoms with Gasteiger partial charge in [-0.2, -0.15) is 10.5 Å². The minimum Gasteiger partial charge on any atom is -0.493 e. The molecule has 25 heavy (non-hydrogen) atoms. The lowest BCUT2D eigenvalue weighted by atomic mass is 10.2. The van der Waals surface area contributed by atoms with Crippen LogP contribution in [0.4, 0.5) is 5.69 Å². The minimum atomic E-state index is -0.823. The Morgan fingerprint density at radius 3 is 2.52 bits per heavy atom. The maximum Gasteiger partial charge on any atom is 0.265 e. The molecule has 1 atom stereocenters. The quantitative estimate of drug-likeness (QED) is 0.885. The van der Waals surface area contributed by atoms with Crippen LogP contribution < -0.4 is 14.8 Å². The number of ether oxygens (including phenoxy) is 2. The Bertz CT molecular complexity index is 884. The van der Waals surface area contributed by atoms with Crippen LogP contribution in [-0.2, 0) is 4.79 Å². The van der Waals surface area contributed by atoms with Crippen molar-refractivity contribution in [1.82, 2.24) is 0 Å². The molecule has 0 radical (unpaired) electrons. The van der Waals surface area contributed by atoms with E-state index in [1.165, 1.54) is 25.3 Å². The number of nitrogens with zero attached hydrogens (tertiary/aromatic N) is 2. The predicted octanol–water partition coefficient (Wildman–Crippen LogP) is 3.50. The predicted molar refractivity (Wildman–Crippen MR) is 92.6 cm³/mol. The molecule has 0 spiro atoms. The van der Waals surface area contributed by atoms with Gasteiger partial charge in [-0.15, -0.1) is 0 Å². The molecule has 1 amide bonds. The van der Waals surface area contributed by atoms with Gasteiger partial charge in [0.1, 0.15) is 6.07 Å². The Kier molecular flexibility index (Phi) is 5.84. The van der Waals surface area contributed by atoms with Gasteiger partial charge in [0.2, 0.25) is 0 Å². The number of halogens is 1. The fourth-order valence-corrected chi connectivity index (χ4v) is 2.23. The van der Waals surface area contributed by atoms with E-state index in [9.17, 15) is 4.79 Å². The van der Waals surface area contributed by atoms with E-state index in [2.05, 4.69) is 5.32 Å². The van der Waals surface area contributed by atoms with E-state index < -0.39 is 12.0 Å². The van der Waals surface area contributed by atoms with Crippen LogP contribution in [0.25, 0.3) is 0 Å². The van der Waals surface area contributed by atoms with E-state index in [0.29, 0.717) is 28.3 Å². The van der Waals surface area contributed by atoms with Crippen molar-refractivity contribution < 1.29 is 14.3 Å². The molecule has 126 valence electrons. The average Bonchev–Trinajstić information content (AvgIpc) is 2.62. The van der Waals surface area contributed by atoms with Gasteiger partial charge < -0.3 is 14.8 Å². The van der Waals surface area contributed by atoms with Crippen molar-refractivity contribution in [3.63, 3.8) is 0 Å². The van der Waals surface area contributed by atoms with Gasteiger partial charge in [-0.1, -0.05) is 11.6 Å². The number of hydrogen-bond acceptors (Lipinski definition) is 5. The average molecular weight is 356 g/mol. The zero-order chi connectivity index (χ0) is 18.4. The summed E-state index contributed by atoms with van der Waals surface area (Å²) >= 11 is 5.94. The first-order valence-electron chi connectivity index (χ1n) is 7.23. The molecule has 0 fully saturated rings. The van der Waals surface area contributed by atoms with Crippen molar-refractivity contribution >= 4 is 23.2 Å². The largest absolute Gasteiger partial charge is 0.493 e. The topological polar surface area (TPSA) is 95.1 Å². The molecule has 0 aromatic heterocycles. The van der Waals surface area contributed by atoms with Gasteiger partial charge >= 0.3 is 0 Å². The van der Waals surface area contributed by atoms with Crippen molar-refractivity contribution in [2.24, 2.45) is 0 Å². The van der Waals surface area contributed by atoms with Gasteiger partial charge in [-0.25, -0.2) is 0 Å². The fraction of sp³-hybridized carbons (Fsp3) is 0.167. The number of carbonyl (C=O) groups is 1. The van der Waals surface area contributed by atoms with Crippen LogP contribution in [0.1, 0.15) is 18.1 Å². The number of hydrogen-bond donors (Lipinski definition) is 1. The van der Waals surface area contributed by atoms with Crippen molar-refractivity contribution in [3.8, 4) is 23.6 Å². The second kappa shape index (κ2) is 8.05. The SMILES string of the molecule is COc1cc(C#N)ccc1O[C@@H](C)C(=O)Nc1ccc(C#N)c(Cl)c1. The summed E-state index contributed by atoms with van der Waals surface area (Å²) in [7, 11) is 1.45. The third-order valence-electron chi connectivity index (χ3n) is 3.32. The molecule has 0 aliphatic carbocycles. The van der Waals surface area contributed by atoms with Crippen LogP contribution in [0.15, 0.2) is 36.4 Å². The third kappa shape index (κ3) is 4.41. The molecule has 2 rings (SSSR count). The fourth-order valence-electron chi connectivity index (χ4n) is 2.01. The molecule has 0 aliphatic rings. The molecule has 1 N–H and O–H groups in total. The number of amides is 1. The highest BCUT2D eigenvalue weighted by molar-refractivity contribution is 6.32. The van der Waals surface area contributed by atoms with Crippen LogP contribution in [0.3, 0.4) is 0 Å². The Morgan fingerprint density at radius 1 is 1.16 bits per heavy atom. The van der Waals surface area contributed by atoms with Gasteiger partial charge in [0.15, 0.2) is 17.6 Å². The maximum absolute atomic E-state index is 12.3. The van der Waals surface area contributed by atoms with E-state index >= 15 is 0 Å². The number of methoxy groups -OCH3 is 1. The second-order valence-electron chi connectivity index (χ2n) is 5.03. The number of rotatable bonds is 5. The maximum atomic E-state index is 12.3. The second-order valence-corrected chi connectivity index (χ2v) is 5.44. The molecule has 0 unspecified atom stereocenters. The lowest BCUT2D eigenvalue weighted by Gasteiger charge is -2.17. The van der Waals surface area contributed by atoms with Crippen molar-refractivity contribution in [2.45, 2.75) is 13.0 Å². The van der Waals surface area contributed by atoms with E-state index in [4.69, 9.17) is 31.6 Å². The van der Waals surface area contributed by atoms with E-state index in [1.807, 2.05) is 12.1 Å². The van der Waals surface area contributed by atoms with Gasteiger partial charge in [-0.05, 0) is 37.3 Å². The highest BCUT2D eigenvalue weighted by atomic mass is 35.5. The van der Waals surface area contributed by atoms with Crippen LogP contribution >= 0.6 is 11.6 Å². The molecular formula is C18H14ClN3O3. The number of anilines is 1. The minimum absolute atomic E-state index is 0.252. The Labute approximate surface area is 150 Å². The molecule has 6 nitrogen and oxygen atoms in total. The number of nitrogens with one attached hydrogen (secondary N) is 1. The molecule has 0 bridgehead atoms. The zero-order valence-electron chi connectivity index (χ0n) is 13.5. The zero-order valence-corrected chi connectivity index (χ0v) is 14.3. The van der Waals surface area contributed by atoms with Gasteiger partial charge in [0.25, 0.3) is 5.91 Å². The summed E-state index contributed by atoms with van der Waals surface area (Å²) in [6.45, 7) is 1.58. The molecular weight excluding hydrogens is 342 g/mol. The number of nitriles is 2. The van der Waals surface area contributed by atoms with Gasteiger partial charge in [0.05, 0.1) is 29.3 Å². The lowest BCUT2D eigenvalue weighted by molar-refractivity contribution is -0.122. The van der Waals surface area contributed by atoms with E-state index in [-0.39, 0.29) is 5.02 Å². The first-order chi connectivity index (χ1) is 12.0. The van der Waals surface area contributed by atoms with Crippen LogP contribution in [0.2, 0.25) is 5.02 Å². The van der Waals surface area contributed by atoms with Crippen molar-refractivity contribution in [3.05, 3.63) is 52.5 Å². The molecule has 2 aromatic carbocycles. The Morgan fingerprint density at radius 2 is 1.92 bits per heavy atom. The summed E-state index contributed by atoms with van der Waals surface area (Å²) in [5.74, 6) is 0.314. The Balaban J connectivity index is 2.09. The highest BCUT2D eigenvalue weighted by Crippen LogP contribution is 2.29. The standard InChI is InChI=1S/C18H14ClN3O3/c1-11(25-16-6-3-12(9-20)7-17(16)24-2)18(23)22-14-5-4-13(10-21)15(19)8-14/h3-8,11H,1-2H3,(H,22,23)/t11-/m0/s1. The number of benzene rings is 2. The van der Waals surface area contributed by atoms with Gasteiger partial charge in [0, 0.05) is 11.8 Å². The first-order valence-corrected chi connectivity index (χ1v) is 7.61. The molecule has 0 saturated carbocycles. The molecule has 0 heterocycles. The molecule has 7 heteroatoms. The summed E-state index contributed by atoms with van der Waals surface area (Å²) in [6, 6.07) is 13.2. The summed E-state index contributed by atoms with van der Waals surface area (Å²) in [4.78, 5) is 12.3. The third-order valence-corrected chi connectivity index (χ3v) is 3.64. The molecule has 0 aliphatic heterocycles. The first kappa shape index (κ1) is 18.1. The summed E-state index contributed by atoms with van der Waals surface area (Å²) in [5, 5.41) is 20.7. The van der Waals surface area contributed by atoms with E-state index in [1.54, 1.807) is 25.1 Å². The van der Waals surface area contributed by atoms with Crippen molar-refractivity contribution in [2.75, 3.05) is 12.4 Å². The normalized spacial score (nSPS) is 10.9. The van der Waals surface area contributed by atoms with E-state index in [0.717, 1.165) is 0 Å². The molecule has 0 saturated heterocycles. The smallest absolute Gasteiger partial charge is 0.265 e. The van der Waals surface area contributed by atoms with Crippen molar-refractivity contribution in [1.29, 1.82) is 10.5 Å². The summed E-state index contributed by atoms with van der Waals surface area (Å²) in [6.07, 6.45) is -0.823. The number of carbonyl (C=O) groups excluding carboxylic acids is 1. The van der Waals surface area contributed by atoms with Crippen LogP contribution in [0, 0.1) is 22.7 Å². The summed E-state index contributed by atoms with van der Waals surface area (Å²) < 4.78 is 10.8. The van der Waals surface area contributed by atoms with Crippen LogP contribution in [0.5, 0.6) is 11.5 Å². The summed E-state index contributed by atoms with van der Waals surface area (Å²) in [5.41, 5.74) is 1.20. The highest BCUT2D eigenvalue weighted by Gasteiger charge is 2.18. The monoisotopic (exact) mass is 355 g/mol. The van der Waals surface area contributed by atoms with Gasteiger partial charge in [-0.3, -0.25) is 4.79 Å². The molecule has 2 aromatic rings. The lowest BCUT2D eigenvalue weighted by Crippen LogP contribution is -2.30. The van der Waals surface area contributed by atoms with Crippen LogP contribution in [-0.4, -0.2) is 19.1 Å².